The normalized spacial score (nSPS) is 16.4. The zero-order valence-corrected chi connectivity index (χ0v) is 10.9. The predicted octanol–water partition coefficient (Wildman–Crippen LogP) is 3.36. The molecule has 0 aliphatic heterocycles. The van der Waals surface area contributed by atoms with Crippen LogP contribution in [-0.2, 0) is 9.53 Å². The van der Waals surface area contributed by atoms with Crippen molar-refractivity contribution in [3.63, 3.8) is 0 Å². The summed E-state index contributed by atoms with van der Waals surface area (Å²) in [5, 5.41) is 4.11. The van der Waals surface area contributed by atoms with Gasteiger partial charge in [-0.3, -0.25) is 0 Å². The van der Waals surface area contributed by atoms with E-state index in [1.807, 2.05) is 0 Å². The summed E-state index contributed by atoms with van der Waals surface area (Å²) in [5.41, 5.74) is 0.779. The minimum atomic E-state index is -0.294. The van der Waals surface area contributed by atoms with Gasteiger partial charge in [0.15, 0.2) is 0 Å². The van der Waals surface area contributed by atoms with Gasteiger partial charge in [-0.2, -0.15) is 0 Å². The number of hydrogen-bond donors (Lipinski definition) is 1. The van der Waals surface area contributed by atoms with Crippen molar-refractivity contribution in [3.05, 3.63) is 28.2 Å². The maximum Gasteiger partial charge on any atom is 0.328 e. The number of ether oxygens (including phenoxy) is 1. The summed E-state index contributed by atoms with van der Waals surface area (Å²) in [7, 11) is 1.40. The predicted molar refractivity (Wildman–Crippen MR) is 68.6 cm³/mol. The van der Waals surface area contributed by atoms with Gasteiger partial charge in [-0.25, -0.2) is 4.79 Å². The zero-order chi connectivity index (χ0) is 12.4. The third-order valence-electron chi connectivity index (χ3n) is 2.79. The number of rotatable bonds is 4. The molecule has 0 aromatic heterocycles. The summed E-state index contributed by atoms with van der Waals surface area (Å²) in [4.78, 5) is 11.6. The SMILES string of the molecule is COC(=O)C(Nc1ccc(Cl)c(Cl)c1)C1CC1. The van der Waals surface area contributed by atoms with Crippen LogP contribution >= 0.6 is 23.2 Å². The van der Waals surface area contributed by atoms with Crippen molar-refractivity contribution >= 4 is 34.9 Å². The summed E-state index contributed by atoms with van der Waals surface area (Å²) in [5.74, 6) is 0.121. The fourth-order valence-electron chi connectivity index (χ4n) is 1.69. The first kappa shape index (κ1) is 12.5. The van der Waals surface area contributed by atoms with Gasteiger partial charge in [0.25, 0.3) is 0 Å². The minimum absolute atomic E-state index is 0.237. The van der Waals surface area contributed by atoms with Gasteiger partial charge in [-0.1, -0.05) is 23.2 Å². The number of carbonyl (C=O) groups excluding carboxylic acids is 1. The minimum Gasteiger partial charge on any atom is -0.467 e. The van der Waals surface area contributed by atoms with Crippen LogP contribution in [0, 0.1) is 5.92 Å². The first-order valence-corrected chi connectivity index (χ1v) is 6.17. The number of methoxy groups -OCH3 is 1. The number of esters is 1. The Morgan fingerprint density at radius 3 is 2.65 bits per heavy atom. The van der Waals surface area contributed by atoms with Gasteiger partial charge in [-0.05, 0) is 37.0 Å². The summed E-state index contributed by atoms with van der Waals surface area (Å²) < 4.78 is 4.78. The van der Waals surface area contributed by atoms with E-state index in [9.17, 15) is 4.79 Å². The average Bonchev–Trinajstić information content (AvgIpc) is 3.13. The van der Waals surface area contributed by atoms with E-state index in [0.29, 0.717) is 16.0 Å². The first-order valence-electron chi connectivity index (χ1n) is 5.41. The van der Waals surface area contributed by atoms with E-state index in [4.69, 9.17) is 27.9 Å². The Bertz CT molecular complexity index is 433. The molecule has 92 valence electrons. The number of hydrogen-bond acceptors (Lipinski definition) is 3. The first-order chi connectivity index (χ1) is 8.11. The second kappa shape index (κ2) is 5.15. The fourth-order valence-corrected chi connectivity index (χ4v) is 1.99. The molecule has 17 heavy (non-hydrogen) atoms. The fraction of sp³-hybridized carbons (Fsp3) is 0.417. The molecule has 1 fully saturated rings. The Morgan fingerprint density at radius 1 is 1.41 bits per heavy atom. The topological polar surface area (TPSA) is 38.3 Å². The second-order valence-corrected chi connectivity index (χ2v) is 4.93. The Morgan fingerprint density at radius 2 is 2.12 bits per heavy atom. The summed E-state index contributed by atoms with van der Waals surface area (Å²) in [6, 6.07) is 4.92. The van der Waals surface area contributed by atoms with E-state index in [2.05, 4.69) is 5.32 Å². The number of anilines is 1. The Kier molecular flexibility index (Phi) is 3.79. The van der Waals surface area contributed by atoms with Crippen molar-refractivity contribution in [3.8, 4) is 0 Å². The lowest BCUT2D eigenvalue weighted by Crippen LogP contribution is -2.32. The standard InChI is InChI=1S/C12H13Cl2NO2/c1-17-12(16)11(7-2-3-7)15-8-4-5-9(13)10(14)6-8/h4-7,11,15H,2-3H2,1H3. The highest BCUT2D eigenvalue weighted by Gasteiger charge is 2.36. The Hall–Kier alpha value is -0.930. The van der Waals surface area contributed by atoms with E-state index in [0.717, 1.165) is 18.5 Å². The van der Waals surface area contributed by atoms with E-state index in [1.165, 1.54) is 7.11 Å². The summed E-state index contributed by atoms with van der Waals surface area (Å²) >= 11 is 11.7. The van der Waals surface area contributed by atoms with Gasteiger partial charge < -0.3 is 10.1 Å². The third kappa shape index (κ3) is 3.05. The molecule has 2 rings (SSSR count). The molecule has 1 saturated carbocycles. The van der Waals surface area contributed by atoms with E-state index < -0.39 is 0 Å². The lowest BCUT2D eigenvalue weighted by atomic mass is 10.1. The molecule has 1 aliphatic rings. The molecule has 1 unspecified atom stereocenters. The van der Waals surface area contributed by atoms with Crippen LogP contribution in [0.1, 0.15) is 12.8 Å². The van der Waals surface area contributed by atoms with E-state index in [-0.39, 0.29) is 12.0 Å². The third-order valence-corrected chi connectivity index (χ3v) is 3.53. The largest absolute Gasteiger partial charge is 0.467 e. The van der Waals surface area contributed by atoms with Gasteiger partial charge in [0.1, 0.15) is 6.04 Å². The molecule has 0 heterocycles. The second-order valence-electron chi connectivity index (χ2n) is 4.11. The lowest BCUT2D eigenvalue weighted by Gasteiger charge is -2.17. The van der Waals surface area contributed by atoms with Crippen LogP contribution in [0.4, 0.5) is 5.69 Å². The number of halogens is 2. The molecule has 5 heteroatoms. The van der Waals surface area contributed by atoms with Crippen LogP contribution in [0.2, 0.25) is 10.0 Å². The molecule has 0 amide bonds. The molecule has 1 aromatic carbocycles. The Labute approximate surface area is 110 Å². The van der Waals surface area contributed by atoms with Crippen LogP contribution in [0.25, 0.3) is 0 Å². The van der Waals surface area contributed by atoms with Crippen LogP contribution < -0.4 is 5.32 Å². The van der Waals surface area contributed by atoms with E-state index in [1.54, 1.807) is 18.2 Å². The highest BCUT2D eigenvalue weighted by atomic mass is 35.5. The van der Waals surface area contributed by atoms with E-state index >= 15 is 0 Å². The lowest BCUT2D eigenvalue weighted by molar-refractivity contribution is -0.142. The zero-order valence-electron chi connectivity index (χ0n) is 9.37. The van der Waals surface area contributed by atoms with Gasteiger partial charge in [0, 0.05) is 5.69 Å². The van der Waals surface area contributed by atoms with Crippen molar-refractivity contribution in [2.24, 2.45) is 5.92 Å². The highest BCUT2D eigenvalue weighted by molar-refractivity contribution is 6.42. The molecule has 0 spiro atoms. The molecule has 1 aromatic rings. The molecular formula is C12H13Cl2NO2. The molecule has 1 aliphatic carbocycles. The molecule has 1 N–H and O–H groups in total. The summed E-state index contributed by atoms with van der Waals surface area (Å²) in [6.07, 6.45) is 2.10. The van der Waals surface area contributed by atoms with Gasteiger partial charge in [0.2, 0.25) is 0 Å². The maximum atomic E-state index is 11.6. The molecule has 0 radical (unpaired) electrons. The van der Waals surface area contributed by atoms with Crippen LogP contribution in [0.15, 0.2) is 18.2 Å². The number of benzene rings is 1. The van der Waals surface area contributed by atoms with Crippen LogP contribution in [0.3, 0.4) is 0 Å². The van der Waals surface area contributed by atoms with Crippen molar-refractivity contribution in [2.45, 2.75) is 18.9 Å². The van der Waals surface area contributed by atoms with Gasteiger partial charge >= 0.3 is 5.97 Å². The van der Waals surface area contributed by atoms with Crippen molar-refractivity contribution < 1.29 is 9.53 Å². The monoisotopic (exact) mass is 273 g/mol. The van der Waals surface area contributed by atoms with Crippen molar-refractivity contribution in [1.29, 1.82) is 0 Å². The highest BCUT2D eigenvalue weighted by Crippen LogP contribution is 2.35. The molecule has 0 saturated heterocycles. The molecule has 3 nitrogen and oxygen atoms in total. The molecular weight excluding hydrogens is 261 g/mol. The number of nitrogens with one attached hydrogen (secondary N) is 1. The number of carbonyl (C=O) groups is 1. The van der Waals surface area contributed by atoms with Gasteiger partial charge in [-0.15, -0.1) is 0 Å². The Balaban J connectivity index is 2.11. The average molecular weight is 274 g/mol. The molecule has 1 atom stereocenters. The summed E-state index contributed by atoms with van der Waals surface area (Å²) in [6.45, 7) is 0. The molecule has 0 bridgehead atoms. The van der Waals surface area contributed by atoms with Crippen LogP contribution in [-0.4, -0.2) is 19.1 Å². The quantitative estimate of drug-likeness (QED) is 0.855. The van der Waals surface area contributed by atoms with Crippen LogP contribution in [0.5, 0.6) is 0 Å². The maximum absolute atomic E-state index is 11.6. The van der Waals surface area contributed by atoms with Crippen molar-refractivity contribution in [1.82, 2.24) is 0 Å². The van der Waals surface area contributed by atoms with Gasteiger partial charge in [0.05, 0.1) is 17.2 Å². The van der Waals surface area contributed by atoms with Crippen molar-refractivity contribution in [2.75, 3.05) is 12.4 Å². The smallest absolute Gasteiger partial charge is 0.328 e.